The van der Waals surface area contributed by atoms with Crippen molar-refractivity contribution in [2.75, 3.05) is 5.32 Å². The van der Waals surface area contributed by atoms with Gasteiger partial charge in [0.2, 0.25) is 15.8 Å². The van der Waals surface area contributed by atoms with Gasteiger partial charge in [0.05, 0.1) is 4.90 Å². The maximum absolute atomic E-state index is 13.2. The summed E-state index contributed by atoms with van der Waals surface area (Å²) in [5.74, 6) is -0.660. The highest BCUT2D eigenvalue weighted by Gasteiger charge is 2.53. The minimum absolute atomic E-state index is 0.0592. The third-order valence-corrected chi connectivity index (χ3v) is 7.25. The zero-order valence-corrected chi connectivity index (χ0v) is 16.9. The fourth-order valence-corrected chi connectivity index (χ4v) is 5.29. The van der Waals surface area contributed by atoms with Gasteiger partial charge in [-0.15, -0.1) is 0 Å². The van der Waals surface area contributed by atoms with Gasteiger partial charge in [-0.2, -0.15) is 5.10 Å². The van der Waals surface area contributed by atoms with Crippen LogP contribution in [0.3, 0.4) is 0 Å². The fraction of sp³-hybridized carbons (Fsp3) is 0.0500. The lowest BCUT2D eigenvalue weighted by Crippen LogP contribution is -2.38. The molecule has 1 spiro atoms. The molecule has 0 saturated carbocycles. The Bertz CT molecular complexity index is 1380. The van der Waals surface area contributed by atoms with E-state index in [2.05, 4.69) is 15.8 Å². The van der Waals surface area contributed by atoms with Crippen molar-refractivity contribution in [3.05, 3.63) is 71.8 Å². The Morgan fingerprint density at radius 2 is 1.77 bits per heavy atom. The number of nitrogens with zero attached hydrogens (tertiary/aromatic N) is 1. The molecule has 3 aromatic rings. The predicted molar refractivity (Wildman–Crippen MR) is 115 cm³/mol. The van der Waals surface area contributed by atoms with E-state index in [1.807, 2.05) is 30.3 Å². The Kier molecular flexibility index (Phi) is 4.01. The first-order valence-corrected chi connectivity index (χ1v) is 11.2. The number of hydrazone groups is 1. The van der Waals surface area contributed by atoms with E-state index >= 15 is 0 Å². The normalized spacial score (nSPS) is 19.8. The quantitative estimate of drug-likeness (QED) is 0.574. The summed E-state index contributed by atoms with van der Waals surface area (Å²) in [6.45, 7) is 0. The smallest absolute Gasteiger partial charge is 0.282 e. The number of primary sulfonamides is 1. The molecular formula is C20H14N4O4S2. The number of carbonyl (C=O) groups excluding carboxylic acids is 2. The maximum Gasteiger partial charge on any atom is 0.282 e. The lowest BCUT2D eigenvalue weighted by molar-refractivity contribution is -0.110. The summed E-state index contributed by atoms with van der Waals surface area (Å²) in [4.78, 5) is 24.7. The minimum Gasteiger partial charge on any atom is -0.320 e. The van der Waals surface area contributed by atoms with Crippen molar-refractivity contribution in [1.82, 2.24) is 5.43 Å². The number of ketones is 1. The lowest BCUT2D eigenvalue weighted by Gasteiger charge is -2.21. The Hall–Kier alpha value is -3.21. The second-order valence-corrected chi connectivity index (χ2v) is 9.64. The molecule has 1 amide bonds. The van der Waals surface area contributed by atoms with E-state index < -0.39 is 20.8 Å². The molecule has 150 valence electrons. The molecule has 10 heteroatoms. The number of sulfonamides is 1. The van der Waals surface area contributed by atoms with Crippen LogP contribution in [0.25, 0.3) is 10.8 Å². The molecule has 1 aliphatic carbocycles. The predicted octanol–water partition coefficient (Wildman–Crippen LogP) is 2.12. The number of anilines is 1. The van der Waals surface area contributed by atoms with E-state index in [1.165, 1.54) is 24.3 Å². The molecule has 1 aliphatic heterocycles. The summed E-state index contributed by atoms with van der Waals surface area (Å²) in [5, 5.41) is 13.8. The van der Waals surface area contributed by atoms with Crippen LogP contribution in [0.5, 0.6) is 0 Å². The average molecular weight is 438 g/mol. The number of amides is 1. The van der Waals surface area contributed by atoms with Gasteiger partial charge in [0.25, 0.3) is 5.91 Å². The number of benzene rings is 3. The van der Waals surface area contributed by atoms with Gasteiger partial charge >= 0.3 is 0 Å². The topological polar surface area (TPSA) is 131 Å². The van der Waals surface area contributed by atoms with Crippen LogP contribution in [0.4, 0.5) is 5.69 Å². The van der Waals surface area contributed by atoms with Gasteiger partial charge in [0, 0.05) is 16.8 Å². The van der Waals surface area contributed by atoms with E-state index in [4.69, 9.17) is 5.14 Å². The van der Waals surface area contributed by atoms with Crippen LogP contribution in [-0.4, -0.2) is 25.2 Å². The zero-order valence-electron chi connectivity index (χ0n) is 15.2. The van der Waals surface area contributed by atoms with Gasteiger partial charge in [-0.3, -0.25) is 15.0 Å². The summed E-state index contributed by atoms with van der Waals surface area (Å²) in [6.07, 6.45) is 0. The number of carbonyl (C=O) groups is 2. The molecule has 0 aromatic heterocycles. The molecule has 30 heavy (non-hydrogen) atoms. The summed E-state index contributed by atoms with van der Waals surface area (Å²) in [6, 6.07) is 16.7. The standard InChI is InChI=1S/C20H14N4O4S2/c21-30(27,28)13-9-7-12(8-10-13)22-18(26)19-23-24-20(29-19)15-6-2-4-11-3-1-5-14(16(11)15)17(20)25/h1-10,24H,(H,22,26)(H2,21,27,28). The second-order valence-electron chi connectivity index (χ2n) is 6.87. The van der Waals surface area contributed by atoms with Gasteiger partial charge < -0.3 is 5.32 Å². The summed E-state index contributed by atoms with van der Waals surface area (Å²) < 4.78 is 22.7. The number of nitrogens with two attached hydrogens (primary N) is 1. The molecule has 0 radical (unpaired) electrons. The highest BCUT2D eigenvalue weighted by molar-refractivity contribution is 8.17. The highest BCUT2D eigenvalue weighted by Crippen LogP contribution is 2.50. The molecule has 0 fully saturated rings. The number of thioether (sulfide) groups is 1. The molecule has 3 aromatic carbocycles. The van der Waals surface area contributed by atoms with Crippen LogP contribution in [-0.2, 0) is 19.7 Å². The molecule has 1 heterocycles. The van der Waals surface area contributed by atoms with E-state index in [-0.39, 0.29) is 15.7 Å². The van der Waals surface area contributed by atoms with Gasteiger partial charge in [-0.1, -0.05) is 48.2 Å². The van der Waals surface area contributed by atoms with Crippen molar-refractivity contribution >= 4 is 55.0 Å². The van der Waals surface area contributed by atoms with Crippen molar-refractivity contribution in [1.29, 1.82) is 0 Å². The summed E-state index contributed by atoms with van der Waals surface area (Å²) >= 11 is 1.05. The minimum atomic E-state index is -3.82. The number of fused-ring (bicyclic) bond motifs is 1. The van der Waals surface area contributed by atoms with E-state index in [9.17, 15) is 18.0 Å². The van der Waals surface area contributed by atoms with Gasteiger partial charge in [-0.05, 0) is 35.0 Å². The molecule has 1 atom stereocenters. The third-order valence-electron chi connectivity index (χ3n) is 5.05. The largest absolute Gasteiger partial charge is 0.320 e. The molecule has 5 rings (SSSR count). The lowest BCUT2D eigenvalue weighted by atomic mass is 10.0. The van der Waals surface area contributed by atoms with Crippen LogP contribution in [0, 0.1) is 0 Å². The Balaban J connectivity index is 1.40. The van der Waals surface area contributed by atoms with Gasteiger partial charge in [0.1, 0.15) is 0 Å². The Morgan fingerprint density at radius 1 is 1.07 bits per heavy atom. The van der Waals surface area contributed by atoms with E-state index in [0.29, 0.717) is 11.3 Å². The molecule has 8 nitrogen and oxygen atoms in total. The Morgan fingerprint density at radius 3 is 2.47 bits per heavy atom. The Labute approximate surface area is 175 Å². The van der Waals surface area contributed by atoms with E-state index in [1.54, 1.807) is 6.07 Å². The monoisotopic (exact) mass is 438 g/mol. The molecule has 4 N–H and O–H groups in total. The van der Waals surface area contributed by atoms with Crippen LogP contribution < -0.4 is 15.9 Å². The number of Topliss-reactive ketones (excluding diaryl/α,β-unsaturated/α-hetero) is 1. The van der Waals surface area contributed by atoms with Gasteiger partial charge in [-0.25, -0.2) is 13.6 Å². The number of nitrogens with one attached hydrogen (secondary N) is 2. The molecule has 2 aliphatic rings. The number of hydrogen-bond donors (Lipinski definition) is 3. The van der Waals surface area contributed by atoms with Crippen molar-refractivity contribution in [3.8, 4) is 0 Å². The SMILES string of the molecule is NS(=O)(=O)c1ccc(NC(=O)C2=NNC3(S2)C(=O)c2cccc4cccc3c24)cc1. The van der Waals surface area contributed by atoms with Crippen molar-refractivity contribution in [2.24, 2.45) is 10.2 Å². The molecular weight excluding hydrogens is 424 g/mol. The van der Waals surface area contributed by atoms with Crippen molar-refractivity contribution in [3.63, 3.8) is 0 Å². The maximum atomic E-state index is 13.2. The molecule has 1 unspecified atom stereocenters. The summed E-state index contributed by atoms with van der Waals surface area (Å²) in [7, 11) is -3.82. The van der Waals surface area contributed by atoms with Crippen LogP contribution >= 0.6 is 11.8 Å². The van der Waals surface area contributed by atoms with Crippen molar-refractivity contribution in [2.45, 2.75) is 9.77 Å². The first-order valence-electron chi connectivity index (χ1n) is 8.85. The van der Waals surface area contributed by atoms with E-state index in [0.717, 1.165) is 28.1 Å². The average Bonchev–Trinajstić information content (AvgIpc) is 3.27. The summed E-state index contributed by atoms with van der Waals surface area (Å²) in [5.41, 5.74) is 4.62. The molecule has 0 bridgehead atoms. The first kappa shape index (κ1) is 18.8. The zero-order chi connectivity index (χ0) is 21.1. The fourth-order valence-electron chi connectivity index (χ4n) is 3.68. The van der Waals surface area contributed by atoms with Crippen LogP contribution in [0.2, 0.25) is 0 Å². The number of rotatable bonds is 3. The van der Waals surface area contributed by atoms with Crippen LogP contribution in [0.15, 0.2) is 70.7 Å². The number of hydrogen-bond acceptors (Lipinski definition) is 7. The second kappa shape index (κ2) is 6.39. The third kappa shape index (κ3) is 2.72. The first-order chi connectivity index (χ1) is 14.3. The van der Waals surface area contributed by atoms with Crippen LogP contribution in [0.1, 0.15) is 15.9 Å². The molecule has 0 saturated heterocycles. The highest BCUT2D eigenvalue weighted by atomic mass is 32.2. The van der Waals surface area contributed by atoms with Gasteiger partial charge in [0.15, 0.2) is 9.91 Å². The van der Waals surface area contributed by atoms with Crippen molar-refractivity contribution < 1.29 is 18.0 Å².